The Balaban J connectivity index is 1.11. The molecule has 4 saturated carbocycles. The van der Waals surface area contributed by atoms with Crippen LogP contribution in [0.5, 0.6) is 0 Å². The summed E-state index contributed by atoms with van der Waals surface area (Å²) in [6.45, 7) is 18.3. The highest BCUT2D eigenvalue weighted by atomic mass is 16.8. The number of ether oxygens (including phenoxy) is 9. The Labute approximate surface area is 529 Å². The van der Waals surface area contributed by atoms with Gasteiger partial charge in [0.15, 0.2) is 37.2 Å². The predicted octanol–water partition coefficient (Wildman–Crippen LogP) is -0.448. The maximum absolute atomic E-state index is 13.5. The van der Waals surface area contributed by atoms with Crippen LogP contribution in [0.25, 0.3) is 0 Å². The average molecular weight is 1300 g/mol. The first-order valence-corrected chi connectivity index (χ1v) is 31.8. The third kappa shape index (κ3) is 13.0. The van der Waals surface area contributed by atoms with Crippen molar-refractivity contribution < 1.29 is 133 Å². The molecule has 3 aliphatic heterocycles. The molecule has 0 aromatic carbocycles. The van der Waals surface area contributed by atoms with E-state index in [1.807, 2.05) is 27.7 Å². The van der Waals surface area contributed by atoms with Crippen molar-refractivity contribution in [3.63, 3.8) is 0 Å². The summed E-state index contributed by atoms with van der Waals surface area (Å²) in [5.74, 6) is -6.94. The second kappa shape index (κ2) is 27.8. The van der Waals surface area contributed by atoms with Gasteiger partial charge >= 0.3 is 23.9 Å². The van der Waals surface area contributed by atoms with Gasteiger partial charge in [-0.25, -0.2) is 14.4 Å². The Morgan fingerprint density at radius 1 is 0.659 bits per heavy atom. The summed E-state index contributed by atoms with van der Waals surface area (Å²) in [6, 6.07) is 0. The molecule has 8 rings (SSSR count). The Morgan fingerprint density at radius 2 is 1.20 bits per heavy atom. The fourth-order valence-electron chi connectivity index (χ4n) is 17.6. The van der Waals surface area contributed by atoms with Crippen molar-refractivity contribution in [2.75, 3.05) is 19.8 Å². The third-order valence-corrected chi connectivity index (χ3v) is 22.8. The number of hydrogen-bond acceptors (Lipinski definition) is 26. The summed E-state index contributed by atoms with van der Waals surface area (Å²) in [7, 11) is 0. The van der Waals surface area contributed by atoms with Crippen molar-refractivity contribution >= 4 is 23.9 Å². The Hall–Kier alpha value is -3.66. The summed E-state index contributed by atoms with van der Waals surface area (Å²) in [5, 5.41) is 158. The number of esters is 3. The highest BCUT2D eigenvalue weighted by molar-refractivity contribution is 5.88. The minimum atomic E-state index is -2.15. The first-order chi connectivity index (χ1) is 42.5. The van der Waals surface area contributed by atoms with Gasteiger partial charge in [-0.3, -0.25) is 4.79 Å². The molecule has 27 nitrogen and oxygen atoms in total. The van der Waals surface area contributed by atoms with E-state index in [0.717, 1.165) is 5.57 Å². The van der Waals surface area contributed by atoms with Gasteiger partial charge in [0.25, 0.3) is 0 Å². The lowest BCUT2D eigenvalue weighted by molar-refractivity contribution is -0.386. The average Bonchev–Trinajstić information content (AvgIpc) is 0.978. The third-order valence-electron chi connectivity index (χ3n) is 22.8. The molecular weight excluding hydrogens is 1200 g/mol. The lowest BCUT2D eigenvalue weighted by atomic mass is 9.35. The zero-order valence-electron chi connectivity index (χ0n) is 54.0. The van der Waals surface area contributed by atoms with Gasteiger partial charge in [0.2, 0.25) is 0 Å². The predicted molar refractivity (Wildman–Crippen MR) is 313 cm³/mol. The standard InChI is InChI=1S/C64H100O27/c1-13-26(3)55(81)87-47(28(5)68)48(88-56(82)27(4)14-2)33(70)21-31-53(83-29(6)69)64(25-67)32(22-60(31,7)8)30-15-16-37-62(11)20-18-38(61(9,10)36(62)17-19-63(37,12)39(30)42(73)52(64)78)86-59-51(91-58-45(76)43(74)40(71)34(23-65)84-58)49(46(77)50(90-59)54(79)80)89-57-44(75)41(72)35(24-66)85-57/h13-15,28,31-53,57-59,65-68,70-78H,16-25H2,1-12H3,(H,79,80)/b26-13-,27-14-/t28?,31-,32?,33?,34?,35?,36?,37?,38-,39?,40?,41?,42+,43?,44?,45?,46?,47?,48?,49?,50?,51?,52+,53-,57?,58?,59?,62-,63+,64-/m0/s1. The van der Waals surface area contributed by atoms with Gasteiger partial charge in [-0.1, -0.05) is 65.3 Å². The van der Waals surface area contributed by atoms with Gasteiger partial charge in [0.05, 0.1) is 55.8 Å². The largest absolute Gasteiger partial charge is 0.479 e. The van der Waals surface area contributed by atoms with Gasteiger partial charge in [-0.05, 0) is 119 Å². The number of aliphatic carboxylic acids is 1. The number of carboxylic acid groups (broad SMARTS) is 1. The molecule has 3 saturated heterocycles. The van der Waals surface area contributed by atoms with Crippen LogP contribution in [-0.4, -0.2) is 250 Å². The minimum Gasteiger partial charge on any atom is -0.479 e. The molecule has 30 atom stereocenters. The Bertz CT molecular complexity index is 2700. The number of aliphatic hydroxyl groups is 13. The first kappa shape index (κ1) is 73.2. The van der Waals surface area contributed by atoms with E-state index in [4.69, 9.17) is 42.6 Å². The van der Waals surface area contributed by atoms with Crippen LogP contribution in [0.4, 0.5) is 0 Å². The Kier molecular flexibility index (Phi) is 22.4. The van der Waals surface area contributed by atoms with E-state index in [-0.39, 0.29) is 42.2 Å². The molecule has 0 amide bonds. The molecule has 7 fully saturated rings. The zero-order valence-corrected chi connectivity index (χ0v) is 54.0. The smallest absolute Gasteiger partial charge is 0.335 e. The first-order valence-electron chi connectivity index (χ1n) is 31.8. The minimum absolute atomic E-state index is 0.151. The molecule has 0 aromatic heterocycles. The molecule has 0 aromatic rings. The number of rotatable bonds is 20. The van der Waals surface area contributed by atoms with E-state index in [1.165, 1.54) is 39.8 Å². The zero-order chi connectivity index (χ0) is 67.7. The molecular formula is C64H100O27. The summed E-state index contributed by atoms with van der Waals surface area (Å²) >= 11 is 0. The van der Waals surface area contributed by atoms with Gasteiger partial charge in [0, 0.05) is 29.9 Å². The summed E-state index contributed by atoms with van der Waals surface area (Å²) < 4.78 is 54.3. The maximum atomic E-state index is 13.5. The fourth-order valence-corrected chi connectivity index (χ4v) is 17.6. The number of carbonyl (C=O) groups is 4. The number of fused-ring (bicyclic) bond motifs is 7. The SMILES string of the molecule is C/C=C(/C)C(=O)OC(C(C)O)C(OC(=O)/C(C)=C\C)C(O)C[C@H]1[C@H](OC(C)=O)[C@@]2(CO)C(CC1(C)C)C1=CCC3[C@@](C)(CCC4C(C)(C)[C@@H](OC5OC(C(=O)O)C(O)C(OC6OC(CO)C(O)C6O)C5OC5OC(CO)C(O)C(O)C5O)CC[C@@]43C)C1[C@@H](O)[C@H]2O. The summed E-state index contributed by atoms with van der Waals surface area (Å²) in [6.07, 6.45) is -30.6. The molecule has 0 bridgehead atoms. The number of aliphatic hydroxyl groups excluding tert-OH is 13. The van der Waals surface area contributed by atoms with Crippen LogP contribution < -0.4 is 0 Å². The molecule has 518 valence electrons. The molecule has 14 N–H and O–H groups in total. The maximum Gasteiger partial charge on any atom is 0.335 e. The van der Waals surface area contributed by atoms with E-state index in [9.17, 15) is 90.7 Å². The second-order valence-electron chi connectivity index (χ2n) is 28.7. The van der Waals surface area contributed by atoms with Gasteiger partial charge in [-0.2, -0.15) is 0 Å². The normalized spacial score (nSPS) is 45.1. The molecule has 91 heavy (non-hydrogen) atoms. The van der Waals surface area contributed by atoms with E-state index < -0.39 is 223 Å². The van der Waals surface area contributed by atoms with E-state index in [0.29, 0.717) is 25.7 Å². The molecule has 0 spiro atoms. The van der Waals surface area contributed by atoms with Crippen LogP contribution in [0.3, 0.4) is 0 Å². The quantitative estimate of drug-likeness (QED) is 0.0241. The van der Waals surface area contributed by atoms with Crippen LogP contribution in [-0.2, 0) is 61.8 Å². The lowest BCUT2D eigenvalue weighted by Crippen LogP contribution is -2.73. The van der Waals surface area contributed by atoms with Crippen LogP contribution in [0.2, 0.25) is 0 Å². The van der Waals surface area contributed by atoms with Crippen molar-refractivity contribution in [1.82, 2.24) is 0 Å². The summed E-state index contributed by atoms with van der Waals surface area (Å²) in [5.41, 5.74) is -3.74. The number of allylic oxidation sites excluding steroid dienone is 3. The van der Waals surface area contributed by atoms with Crippen LogP contribution in [0.15, 0.2) is 34.9 Å². The number of hydrogen-bond donors (Lipinski definition) is 14. The molecule has 5 aliphatic carbocycles. The molecule has 22 unspecified atom stereocenters. The van der Waals surface area contributed by atoms with Gasteiger partial charge in [0.1, 0.15) is 67.1 Å². The van der Waals surface area contributed by atoms with Crippen LogP contribution >= 0.6 is 0 Å². The highest BCUT2D eigenvalue weighted by Gasteiger charge is 2.73. The van der Waals surface area contributed by atoms with Crippen molar-refractivity contribution in [3.05, 3.63) is 34.9 Å². The molecule has 0 radical (unpaired) electrons. The lowest BCUT2D eigenvalue weighted by Gasteiger charge is -2.70. The fraction of sp³-hybridized carbons (Fsp3) is 0.844. The van der Waals surface area contributed by atoms with E-state index in [2.05, 4.69) is 19.9 Å². The second-order valence-corrected chi connectivity index (χ2v) is 28.7. The van der Waals surface area contributed by atoms with Gasteiger partial charge in [-0.15, -0.1) is 0 Å². The molecule has 8 aliphatic rings. The van der Waals surface area contributed by atoms with Crippen LogP contribution in [0.1, 0.15) is 128 Å². The van der Waals surface area contributed by atoms with Crippen molar-refractivity contribution in [2.45, 2.75) is 263 Å². The van der Waals surface area contributed by atoms with E-state index in [1.54, 1.807) is 13.8 Å². The monoisotopic (exact) mass is 1300 g/mol. The van der Waals surface area contributed by atoms with Crippen molar-refractivity contribution in [2.24, 2.45) is 56.7 Å². The topological polar surface area (TPSA) is 435 Å². The molecule has 27 heteroatoms. The highest BCUT2D eigenvalue weighted by Crippen LogP contribution is 2.73. The number of carbonyl (C=O) groups excluding carboxylic acids is 3. The van der Waals surface area contributed by atoms with Crippen molar-refractivity contribution in [3.8, 4) is 0 Å². The van der Waals surface area contributed by atoms with Crippen molar-refractivity contribution in [1.29, 1.82) is 0 Å². The number of carboxylic acids is 1. The van der Waals surface area contributed by atoms with Gasteiger partial charge < -0.3 is 114 Å². The van der Waals surface area contributed by atoms with E-state index >= 15 is 0 Å². The van der Waals surface area contributed by atoms with Crippen LogP contribution in [0, 0.1) is 56.7 Å². The molecule has 3 heterocycles. The Morgan fingerprint density at radius 3 is 1.73 bits per heavy atom. The summed E-state index contributed by atoms with van der Waals surface area (Å²) in [4.78, 5) is 53.1.